The quantitative estimate of drug-likeness (QED) is 0.169. The lowest BCUT2D eigenvalue weighted by atomic mass is 10.0. The van der Waals surface area contributed by atoms with Crippen LogP contribution in [0.5, 0.6) is 0 Å². The van der Waals surface area contributed by atoms with Gasteiger partial charge in [-0.25, -0.2) is 0 Å². The molecule has 4 heterocycles. The second-order valence-electron chi connectivity index (χ2n) is 15.2. The fraction of sp³-hybridized carbons (Fsp3) is 0. The van der Waals surface area contributed by atoms with Crippen LogP contribution in [0.3, 0.4) is 0 Å². The summed E-state index contributed by atoms with van der Waals surface area (Å²) in [5.41, 5.74) is 12.2. The fourth-order valence-corrected chi connectivity index (χ4v) is 12.0. The van der Waals surface area contributed by atoms with Crippen molar-refractivity contribution in [2.24, 2.45) is 0 Å². The van der Waals surface area contributed by atoms with Crippen LogP contribution in [0.4, 0.5) is 0 Å². The molecule has 0 N–H and O–H groups in total. The van der Waals surface area contributed by atoms with E-state index in [1.54, 1.807) is 0 Å². The molecule has 0 amide bonds. The van der Waals surface area contributed by atoms with Crippen molar-refractivity contribution in [3.05, 3.63) is 194 Å². The van der Waals surface area contributed by atoms with Gasteiger partial charge in [-0.3, -0.25) is 0 Å². The molecule has 13 aromatic rings. The lowest BCUT2D eigenvalue weighted by Gasteiger charge is -2.12. The van der Waals surface area contributed by atoms with Crippen LogP contribution in [0, 0.1) is 0 Å². The Balaban J connectivity index is 0.934. The van der Waals surface area contributed by atoms with Gasteiger partial charge in [-0.1, -0.05) is 121 Å². The minimum absolute atomic E-state index is 1.15. The van der Waals surface area contributed by atoms with Gasteiger partial charge in [0.2, 0.25) is 0 Å². The van der Waals surface area contributed by atoms with Crippen molar-refractivity contribution in [3.8, 4) is 33.6 Å². The zero-order chi connectivity index (χ0) is 37.9. The average Bonchev–Trinajstić information content (AvgIpc) is 4.04. The molecule has 58 heavy (non-hydrogen) atoms. The number of fused-ring (bicyclic) bond motifs is 12. The number of nitrogens with zero attached hydrogens (tertiary/aromatic N) is 2. The number of hydrogen-bond donors (Lipinski definition) is 0. The van der Waals surface area contributed by atoms with Gasteiger partial charge in [-0.15, -0.1) is 22.7 Å². The van der Waals surface area contributed by atoms with Gasteiger partial charge in [0.1, 0.15) is 0 Å². The van der Waals surface area contributed by atoms with Crippen LogP contribution < -0.4 is 0 Å². The topological polar surface area (TPSA) is 9.86 Å². The summed E-state index contributed by atoms with van der Waals surface area (Å²) in [6.07, 6.45) is 0. The number of benzene rings is 9. The minimum Gasteiger partial charge on any atom is -0.309 e. The molecule has 0 aliphatic heterocycles. The lowest BCUT2D eigenvalue weighted by molar-refractivity contribution is 1.14. The second-order valence-corrected chi connectivity index (χ2v) is 17.4. The summed E-state index contributed by atoms with van der Waals surface area (Å²) < 4.78 is 10.2. The largest absolute Gasteiger partial charge is 0.309 e. The summed E-state index contributed by atoms with van der Waals surface area (Å²) in [7, 11) is 0. The Morgan fingerprint density at radius 3 is 1.12 bits per heavy atom. The Hall–Kier alpha value is -6.98. The van der Waals surface area contributed by atoms with Crippen molar-refractivity contribution in [2.75, 3.05) is 0 Å². The van der Waals surface area contributed by atoms with E-state index in [0.717, 1.165) is 11.4 Å². The first-order valence-corrected chi connectivity index (χ1v) is 21.4. The molecule has 0 atom stereocenters. The first-order valence-electron chi connectivity index (χ1n) is 19.8. The molecule has 0 saturated heterocycles. The Labute approximate surface area is 341 Å². The van der Waals surface area contributed by atoms with E-state index in [1.807, 2.05) is 22.7 Å². The maximum atomic E-state index is 2.42. The zero-order valence-corrected chi connectivity index (χ0v) is 32.8. The molecule has 4 heteroatoms. The van der Waals surface area contributed by atoms with Gasteiger partial charge in [0, 0.05) is 73.3 Å². The molecule has 270 valence electrons. The van der Waals surface area contributed by atoms with Crippen LogP contribution in [0.1, 0.15) is 0 Å². The molecule has 0 aliphatic carbocycles. The molecule has 0 saturated carbocycles. The highest BCUT2D eigenvalue weighted by atomic mass is 32.1. The van der Waals surface area contributed by atoms with E-state index in [4.69, 9.17) is 0 Å². The molecule has 2 nitrogen and oxygen atoms in total. The molecule has 9 aromatic carbocycles. The zero-order valence-electron chi connectivity index (χ0n) is 31.2. The minimum atomic E-state index is 1.15. The molecule has 0 unspecified atom stereocenters. The number of hydrogen-bond acceptors (Lipinski definition) is 2. The molecule has 0 bridgehead atoms. The van der Waals surface area contributed by atoms with Gasteiger partial charge in [-0.2, -0.15) is 0 Å². The first-order chi connectivity index (χ1) is 28.8. The second kappa shape index (κ2) is 12.3. The van der Waals surface area contributed by atoms with E-state index < -0.39 is 0 Å². The Bertz CT molecular complexity index is 3550. The predicted octanol–water partition coefficient (Wildman–Crippen LogP) is 16.0. The summed E-state index contributed by atoms with van der Waals surface area (Å²) in [5, 5.41) is 10.4. The van der Waals surface area contributed by atoms with Crippen LogP contribution in [-0.4, -0.2) is 9.13 Å². The molecule has 0 fully saturated rings. The van der Waals surface area contributed by atoms with E-state index in [2.05, 4.69) is 203 Å². The van der Waals surface area contributed by atoms with Gasteiger partial charge >= 0.3 is 0 Å². The molecule has 0 radical (unpaired) electrons. The normalized spacial score (nSPS) is 12.1. The SMILES string of the molecule is c1ccc2c(c1)sc1c(-c3ccc4c(c3)c3ccccc3n4-c3ccc(-n4c5ccccc5c5cc(-c6cccc7c6sc6ccccc67)ccc54)cc3)cccc12. The summed E-state index contributed by atoms with van der Waals surface area (Å²) >= 11 is 3.78. The van der Waals surface area contributed by atoms with Gasteiger partial charge < -0.3 is 9.13 Å². The standard InChI is InChI=1S/C54H32N2S2/c1-5-19-47-39(11-1)45-31-33(37-15-9-17-43-41-13-3-7-21-51(41)57-53(37)43)23-29-49(45)55(47)35-25-27-36(28-26-35)56-48-20-6-2-12-40(48)46-32-34(24-30-50(46)56)38-16-10-18-44-42-14-4-8-22-52(42)58-54(38)44/h1-32H. The summed E-state index contributed by atoms with van der Waals surface area (Å²) in [5.74, 6) is 0. The van der Waals surface area contributed by atoms with Crippen molar-refractivity contribution in [1.82, 2.24) is 9.13 Å². The number of aromatic nitrogens is 2. The summed E-state index contributed by atoms with van der Waals surface area (Å²) in [4.78, 5) is 0. The van der Waals surface area contributed by atoms with Crippen LogP contribution >= 0.6 is 22.7 Å². The van der Waals surface area contributed by atoms with Crippen LogP contribution in [0.25, 0.3) is 118 Å². The Morgan fingerprint density at radius 1 is 0.276 bits per heavy atom. The highest BCUT2D eigenvalue weighted by Crippen LogP contribution is 2.44. The highest BCUT2D eigenvalue weighted by molar-refractivity contribution is 7.26. The van der Waals surface area contributed by atoms with Crippen molar-refractivity contribution in [2.45, 2.75) is 0 Å². The molecular formula is C54H32N2S2. The number of thiophene rings is 2. The van der Waals surface area contributed by atoms with Gasteiger partial charge in [0.15, 0.2) is 0 Å². The van der Waals surface area contributed by atoms with Gasteiger partial charge in [-0.05, 0) is 95.1 Å². The van der Waals surface area contributed by atoms with Crippen molar-refractivity contribution in [3.63, 3.8) is 0 Å². The third kappa shape index (κ3) is 4.58. The molecule has 13 rings (SSSR count). The monoisotopic (exact) mass is 772 g/mol. The molecule has 4 aromatic heterocycles. The van der Waals surface area contributed by atoms with E-state index >= 15 is 0 Å². The summed E-state index contributed by atoms with van der Waals surface area (Å²) in [6.45, 7) is 0. The van der Waals surface area contributed by atoms with Crippen LogP contribution in [-0.2, 0) is 0 Å². The van der Waals surface area contributed by atoms with E-state index in [0.29, 0.717) is 0 Å². The maximum absolute atomic E-state index is 2.42. The van der Waals surface area contributed by atoms with Gasteiger partial charge in [0.25, 0.3) is 0 Å². The van der Waals surface area contributed by atoms with Crippen LogP contribution in [0.15, 0.2) is 194 Å². The predicted molar refractivity (Wildman–Crippen MR) is 252 cm³/mol. The number of rotatable bonds is 4. The average molecular weight is 773 g/mol. The lowest BCUT2D eigenvalue weighted by Crippen LogP contribution is -1.97. The van der Waals surface area contributed by atoms with Crippen LogP contribution in [0.2, 0.25) is 0 Å². The fourth-order valence-electron chi connectivity index (χ4n) is 9.54. The smallest absolute Gasteiger partial charge is 0.0541 e. The Kier molecular flexibility index (Phi) is 6.79. The number of para-hydroxylation sites is 2. The van der Waals surface area contributed by atoms with Crippen molar-refractivity contribution >= 4 is 107 Å². The third-order valence-electron chi connectivity index (χ3n) is 12.1. The maximum Gasteiger partial charge on any atom is 0.0541 e. The van der Waals surface area contributed by atoms with Crippen molar-refractivity contribution < 1.29 is 0 Å². The van der Waals surface area contributed by atoms with Crippen molar-refractivity contribution in [1.29, 1.82) is 0 Å². The summed E-state index contributed by atoms with van der Waals surface area (Å²) in [6, 6.07) is 71.8. The van der Waals surface area contributed by atoms with E-state index in [1.165, 1.54) is 106 Å². The Morgan fingerprint density at radius 2 is 0.655 bits per heavy atom. The first kappa shape index (κ1) is 32.1. The molecular weight excluding hydrogens is 741 g/mol. The third-order valence-corrected chi connectivity index (χ3v) is 14.6. The van der Waals surface area contributed by atoms with E-state index in [-0.39, 0.29) is 0 Å². The highest BCUT2D eigenvalue weighted by Gasteiger charge is 2.18. The molecule has 0 spiro atoms. The van der Waals surface area contributed by atoms with Gasteiger partial charge in [0.05, 0.1) is 22.1 Å². The molecule has 0 aliphatic rings. The van der Waals surface area contributed by atoms with E-state index in [9.17, 15) is 0 Å².